The van der Waals surface area contributed by atoms with Gasteiger partial charge in [0.1, 0.15) is 0 Å². The minimum atomic E-state index is -0.301. The lowest BCUT2D eigenvalue weighted by molar-refractivity contribution is 0.101. The van der Waals surface area contributed by atoms with Crippen LogP contribution in [0.5, 0.6) is 0 Å². The summed E-state index contributed by atoms with van der Waals surface area (Å²) < 4.78 is 1.80. The lowest BCUT2D eigenvalue weighted by Crippen LogP contribution is -2.23. The summed E-state index contributed by atoms with van der Waals surface area (Å²) in [6, 6.07) is 0. The standard InChI is InChI=1S/C12H19ClN2O/c1-4-8-11(13)9(15(3)14-8)7-10(16)12(2)5-6-12/h10,16H,4-7H2,1-3H3. The van der Waals surface area contributed by atoms with Crippen LogP contribution in [0.25, 0.3) is 0 Å². The van der Waals surface area contributed by atoms with Gasteiger partial charge in [0, 0.05) is 13.5 Å². The minimum Gasteiger partial charge on any atom is -0.392 e. The van der Waals surface area contributed by atoms with Gasteiger partial charge in [-0.2, -0.15) is 5.10 Å². The van der Waals surface area contributed by atoms with Crippen molar-refractivity contribution in [1.82, 2.24) is 9.78 Å². The predicted molar refractivity (Wildman–Crippen MR) is 64.6 cm³/mol. The van der Waals surface area contributed by atoms with E-state index < -0.39 is 0 Å². The fourth-order valence-corrected chi connectivity index (χ4v) is 2.37. The molecule has 0 radical (unpaired) electrons. The van der Waals surface area contributed by atoms with Gasteiger partial charge in [-0.15, -0.1) is 0 Å². The summed E-state index contributed by atoms with van der Waals surface area (Å²) in [4.78, 5) is 0. The Kier molecular flexibility index (Phi) is 3.01. The Labute approximate surface area is 101 Å². The number of aliphatic hydroxyl groups excluding tert-OH is 1. The van der Waals surface area contributed by atoms with E-state index in [2.05, 4.69) is 12.0 Å². The molecule has 1 unspecified atom stereocenters. The molecular formula is C12H19ClN2O. The van der Waals surface area contributed by atoms with Crippen molar-refractivity contribution in [2.75, 3.05) is 0 Å². The highest BCUT2D eigenvalue weighted by Gasteiger charge is 2.44. The van der Waals surface area contributed by atoms with Crippen LogP contribution in [-0.2, 0) is 19.9 Å². The van der Waals surface area contributed by atoms with Crippen LogP contribution in [0.3, 0.4) is 0 Å². The van der Waals surface area contributed by atoms with E-state index >= 15 is 0 Å². The number of hydrogen-bond donors (Lipinski definition) is 1. The van der Waals surface area contributed by atoms with E-state index in [0.29, 0.717) is 6.42 Å². The number of aliphatic hydroxyl groups is 1. The molecule has 90 valence electrons. The van der Waals surface area contributed by atoms with Crippen LogP contribution in [0, 0.1) is 5.41 Å². The molecular weight excluding hydrogens is 224 g/mol. The van der Waals surface area contributed by atoms with Gasteiger partial charge in [-0.25, -0.2) is 0 Å². The predicted octanol–water partition coefficient (Wildman–Crippen LogP) is 2.34. The lowest BCUT2D eigenvalue weighted by Gasteiger charge is -2.17. The van der Waals surface area contributed by atoms with Crippen molar-refractivity contribution < 1.29 is 5.11 Å². The number of halogens is 1. The topological polar surface area (TPSA) is 38.0 Å². The fourth-order valence-electron chi connectivity index (χ4n) is 2.00. The molecule has 0 aliphatic heterocycles. The molecule has 1 heterocycles. The molecule has 1 saturated carbocycles. The molecule has 0 saturated heterocycles. The normalized spacial score (nSPS) is 19.8. The lowest BCUT2D eigenvalue weighted by atomic mass is 9.97. The van der Waals surface area contributed by atoms with Crippen molar-refractivity contribution in [3.05, 3.63) is 16.4 Å². The van der Waals surface area contributed by atoms with Crippen LogP contribution in [0.2, 0.25) is 5.02 Å². The molecule has 3 nitrogen and oxygen atoms in total. The third-order valence-corrected chi connectivity index (χ3v) is 4.17. The van der Waals surface area contributed by atoms with Crippen molar-refractivity contribution in [3.8, 4) is 0 Å². The average Bonchev–Trinajstić information content (AvgIpc) is 2.94. The first kappa shape index (κ1) is 11.9. The molecule has 1 aromatic rings. The van der Waals surface area contributed by atoms with E-state index in [1.54, 1.807) is 4.68 Å². The highest BCUT2D eigenvalue weighted by molar-refractivity contribution is 6.31. The second kappa shape index (κ2) is 4.04. The third-order valence-electron chi connectivity index (χ3n) is 3.73. The Hall–Kier alpha value is -0.540. The van der Waals surface area contributed by atoms with Crippen LogP contribution in [-0.4, -0.2) is 21.0 Å². The smallest absolute Gasteiger partial charge is 0.0850 e. The van der Waals surface area contributed by atoms with Crippen LogP contribution >= 0.6 is 11.6 Å². The summed E-state index contributed by atoms with van der Waals surface area (Å²) in [5.74, 6) is 0. The van der Waals surface area contributed by atoms with Crippen molar-refractivity contribution in [2.45, 2.75) is 45.6 Å². The Morgan fingerprint density at radius 3 is 2.62 bits per heavy atom. The van der Waals surface area contributed by atoms with Crippen molar-refractivity contribution >= 4 is 11.6 Å². The number of rotatable bonds is 4. The second-order valence-corrected chi connectivity index (χ2v) is 5.44. The van der Waals surface area contributed by atoms with Crippen LogP contribution < -0.4 is 0 Å². The first-order valence-corrected chi connectivity index (χ1v) is 6.24. The summed E-state index contributed by atoms with van der Waals surface area (Å²) in [6.45, 7) is 4.17. The van der Waals surface area contributed by atoms with E-state index in [1.807, 2.05) is 14.0 Å². The van der Waals surface area contributed by atoms with Crippen LogP contribution in [0.15, 0.2) is 0 Å². The highest BCUT2D eigenvalue weighted by Crippen LogP contribution is 2.49. The van der Waals surface area contributed by atoms with E-state index in [9.17, 15) is 5.11 Å². The Bertz CT molecular complexity index is 396. The average molecular weight is 243 g/mol. The van der Waals surface area contributed by atoms with Gasteiger partial charge in [-0.1, -0.05) is 25.4 Å². The summed E-state index contributed by atoms with van der Waals surface area (Å²) >= 11 is 6.25. The van der Waals surface area contributed by atoms with Gasteiger partial charge >= 0.3 is 0 Å². The van der Waals surface area contributed by atoms with Gasteiger partial charge in [0.05, 0.1) is 22.5 Å². The molecule has 2 rings (SSSR count). The van der Waals surface area contributed by atoms with Gasteiger partial charge in [0.25, 0.3) is 0 Å². The van der Waals surface area contributed by atoms with Crippen LogP contribution in [0.4, 0.5) is 0 Å². The van der Waals surface area contributed by atoms with Crippen LogP contribution in [0.1, 0.15) is 38.1 Å². The van der Waals surface area contributed by atoms with Crippen molar-refractivity contribution in [3.63, 3.8) is 0 Å². The minimum absolute atomic E-state index is 0.111. The van der Waals surface area contributed by atoms with Gasteiger partial charge < -0.3 is 5.11 Å². The Morgan fingerprint density at radius 2 is 2.19 bits per heavy atom. The SMILES string of the molecule is CCc1nn(C)c(CC(O)C2(C)CC2)c1Cl. The van der Waals surface area contributed by atoms with Crippen molar-refractivity contribution in [2.24, 2.45) is 12.5 Å². The molecule has 0 amide bonds. The maximum absolute atomic E-state index is 10.1. The van der Waals surface area contributed by atoms with Gasteiger partial charge in [-0.05, 0) is 24.7 Å². The van der Waals surface area contributed by atoms with E-state index in [4.69, 9.17) is 11.6 Å². The monoisotopic (exact) mass is 242 g/mol. The molecule has 1 N–H and O–H groups in total. The van der Waals surface area contributed by atoms with Gasteiger partial charge in [-0.3, -0.25) is 4.68 Å². The van der Waals surface area contributed by atoms with E-state index in [0.717, 1.165) is 35.7 Å². The van der Waals surface area contributed by atoms with E-state index in [1.165, 1.54) is 0 Å². The second-order valence-electron chi connectivity index (χ2n) is 5.06. The molecule has 0 bridgehead atoms. The molecule has 1 fully saturated rings. The van der Waals surface area contributed by atoms with Gasteiger partial charge in [0.2, 0.25) is 0 Å². The Morgan fingerprint density at radius 1 is 1.56 bits per heavy atom. The summed E-state index contributed by atoms with van der Waals surface area (Å²) in [7, 11) is 1.89. The third kappa shape index (κ3) is 1.98. The molecule has 4 heteroatoms. The summed E-state index contributed by atoms with van der Waals surface area (Å²) in [5.41, 5.74) is 1.99. The van der Waals surface area contributed by atoms with Gasteiger partial charge in [0.15, 0.2) is 0 Å². The van der Waals surface area contributed by atoms with E-state index in [-0.39, 0.29) is 11.5 Å². The maximum Gasteiger partial charge on any atom is 0.0850 e. The fraction of sp³-hybridized carbons (Fsp3) is 0.750. The number of aromatic nitrogens is 2. The number of hydrogen-bond acceptors (Lipinski definition) is 2. The molecule has 1 atom stereocenters. The quantitative estimate of drug-likeness (QED) is 0.880. The maximum atomic E-state index is 10.1. The zero-order chi connectivity index (χ0) is 11.9. The molecule has 16 heavy (non-hydrogen) atoms. The zero-order valence-corrected chi connectivity index (χ0v) is 10.9. The summed E-state index contributed by atoms with van der Waals surface area (Å²) in [6.07, 6.45) is 3.37. The molecule has 1 aromatic heterocycles. The first-order valence-electron chi connectivity index (χ1n) is 5.86. The molecule has 1 aliphatic carbocycles. The summed E-state index contributed by atoms with van der Waals surface area (Å²) in [5, 5.41) is 15.2. The molecule has 0 aromatic carbocycles. The molecule has 0 spiro atoms. The molecule has 1 aliphatic rings. The number of nitrogens with zero attached hydrogens (tertiary/aromatic N) is 2. The highest BCUT2D eigenvalue weighted by atomic mass is 35.5. The zero-order valence-electron chi connectivity index (χ0n) is 10.1. The van der Waals surface area contributed by atoms with Crippen molar-refractivity contribution in [1.29, 1.82) is 0 Å². The largest absolute Gasteiger partial charge is 0.392 e. The first-order chi connectivity index (χ1) is 7.48. The number of aryl methyl sites for hydroxylation is 2. The Balaban J connectivity index is 2.17.